The number of carbonyl (C=O) groups is 1. The molecule has 2 heterocycles. The molecule has 1 saturated heterocycles. The molecule has 1 aromatic heterocycles. The largest absolute Gasteiger partial charge is 0.350 e. The van der Waals surface area contributed by atoms with Crippen molar-refractivity contribution in [3.8, 4) is 0 Å². The molecule has 25 heavy (non-hydrogen) atoms. The van der Waals surface area contributed by atoms with Crippen molar-refractivity contribution in [1.82, 2.24) is 9.88 Å². The van der Waals surface area contributed by atoms with Crippen molar-refractivity contribution >= 4 is 45.5 Å². The Bertz CT molecular complexity index is 1030. The number of rotatable bonds is 2. The van der Waals surface area contributed by atoms with Crippen LogP contribution in [0.1, 0.15) is 5.56 Å². The molecule has 1 aliphatic heterocycles. The zero-order chi connectivity index (χ0) is 17.4. The lowest BCUT2D eigenvalue weighted by Gasteiger charge is -1.95. The van der Waals surface area contributed by atoms with E-state index in [2.05, 4.69) is 10.3 Å². The van der Waals surface area contributed by atoms with E-state index in [-0.39, 0.29) is 11.7 Å². The smallest absolute Gasteiger partial charge is 0.264 e. The Morgan fingerprint density at radius 3 is 2.72 bits per heavy atom. The first-order valence-electron chi connectivity index (χ1n) is 7.69. The van der Waals surface area contributed by atoms with Gasteiger partial charge in [0.05, 0.1) is 10.6 Å². The molecule has 0 spiro atoms. The number of hydrogen-bond donors (Lipinski definition) is 1. The molecule has 2 aromatic carbocycles. The summed E-state index contributed by atoms with van der Waals surface area (Å²) >= 11 is 1.28. The summed E-state index contributed by atoms with van der Waals surface area (Å²) in [5.41, 5.74) is 2.69. The van der Waals surface area contributed by atoms with Gasteiger partial charge < -0.3 is 9.88 Å². The molecule has 1 N–H and O–H groups in total. The quantitative estimate of drug-likeness (QED) is 0.703. The maximum atomic E-state index is 13.0. The van der Waals surface area contributed by atoms with E-state index < -0.39 is 0 Å². The monoisotopic (exact) mass is 351 g/mol. The summed E-state index contributed by atoms with van der Waals surface area (Å²) in [4.78, 5) is 17.2. The topological polar surface area (TPSA) is 46.4 Å². The number of carbonyl (C=O) groups excluding carboxylic acids is 1. The molecule has 0 saturated carbocycles. The fourth-order valence-corrected chi connectivity index (χ4v) is 3.58. The van der Waals surface area contributed by atoms with E-state index in [9.17, 15) is 9.18 Å². The number of aryl methyl sites for hydroxylation is 1. The highest BCUT2D eigenvalue weighted by Gasteiger charge is 2.24. The van der Waals surface area contributed by atoms with Gasteiger partial charge in [0.25, 0.3) is 5.91 Å². The first-order valence-corrected chi connectivity index (χ1v) is 8.51. The Balaban J connectivity index is 1.66. The number of aromatic nitrogens is 1. The number of benzene rings is 2. The predicted octanol–water partition coefficient (Wildman–Crippen LogP) is 4.21. The fraction of sp³-hybridized carbons (Fsp3) is 0.0526. The Kier molecular flexibility index (Phi) is 3.89. The third-order valence-corrected chi connectivity index (χ3v) is 4.83. The highest BCUT2D eigenvalue weighted by molar-refractivity contribution is 8.18. The maximum absolute atomic E-state index is 13.0. The summed E-state index contributed by atoms with van der Waals surface area (Å²) in [5, 5.41) is 4.33. The van der Waals surface area contributed by atoms with Gasteiger partial charge in [-0.2, -0.15) is 0 Å². The minimum atomic E-state index is -0.316. The second-order valence-corrected chi connectivity index (χ2v) is 6.70. The summed E-state index contributed by atoms with van der Waals surface area (Å²) in [6.07, 6.45) is 3.87. The number of amidine groups is 1. The third kappa shape index (κ3) is 3.08. The Hall–Kier alpha value is -2.86. The van der Waals surface area contributed by atoms with Crippen LogP contribution in [0.4, 0.5) is 10.1 Å². The van der Waals surface area contributed by atoms with Crippen LogP contribution < -0.4 is 5.32 Å². The first kappa shape index (κ1) is 15.7. The molecule has 0 unspecified atom stereocenters. The first-order chi connectivity index (χ1) is 12.1. The molecular formula is C19H14FN3OS. The van der Waals surface area contributed by atoms with Crippen LogP contribution in [0.25, 0.3) is 17.0 Å². The standard InChI is InChI=1S/C19H14FN3OS/c1-23-11-12(15-4-2-3-5-16(15)23)10-17-18(24)22-19(25-17)21-14-8-6-13(20)7-9-14/h2-11H,1H3,(H,21,22,24)/b17-10-. The van der Waals surface area contributed by atoms with Gasteiger partial charge in [0.1, 0.15) is 5.82 Å². The summed E-state index contributed by atoms with van der Waals surface area (Å²) in [6.45, 7) is 0. The Morgan fingerprint density at radius 1 is 1.16 bits per heavy atom. The predicted molar refractivity (Wildman–Crippen MR) is 100 cm³/mol. The van der Waals surface area contributed by atoms with E-state index in [4.69, 9.17) is 0 Å². The highest BCUT2D eigenvalue weighted by Crippen LogP contribution is 2.30. The SMILES string of the molecule is Cn1cc(/C=C2\SC(=Nc3ccc(F)cc3)NC2=O)c2ccccc21. The molecule has 0 bridgehead atoms. The summed E-state index contributed by atoms with van der Waals surface area (Å²) in [5.74, 6) is -0.498. The van der Waals surface area contributed by atoms with Crippen LogP contribution in [-0.4, -0.2) is 15.6 Å². The molecule has 124 valence electrons. The van der Waals surface area contributed by atoms with E-state index in [0.717, 1.165) is 16.5 Å². The van der Waals surface area contributed by atoms with Crippen LogP contribution >= 0.6 is 11.8 Å². The van der Waals surface area contributed by atoms with Crippen LogP contribution in [0.3, 0.4) is 0 Å². The molecule has 4 nitrogen and oxygen atoms in total. The zero-order valence-electron chi connectivity index (χ0n) is 13.4. The average Bonchev–Trinajstić information content (AvgIpc) is 3.11. The molecule has 1 aliphatic rings. The number of hydrogen-bond acceptors (Lipinski definition) is 3. The van der Waals surface area contributed by atoms with Gasteiger partial charge in [-0.05, 0) is 48.2 Å². The van der Waals surface area contributed by atoms with Gasteiger partial charge in [0, 0.05) is 29.7 Å². The van der Waals surface area contributed by atoms with Crippen molar-refractivity contribution < 1.29 is 9.18 Å². The number of para-hydroxylation sites is 1. The molecule has 1 fully saturated rings. The van der Waals surface area contributed by atoms with Crippen LogP contribution in [0.15, 0.2) is 64.6 Å². The fourth-order valence-electron chi connectivity index (χ4n) is 2.74. The number of nitrogens with zero attached hydrogens (tertiary/aromatic N) is 2. The maximum Gasteiger partial charge on any atom is 0.264 e. The lowest BCUT2D eigenvalue weighted by Crippen LogP contribution is -2.19. The average molecular weight is 351 g/mol. The number of thioether (sulfide) groups is 1. The minimum Gasteiger partial charge on any atom is -0.350 e. The van der Waals surface area contributed by atoms with Gasteiger partial charge in [-0.25, -0.2) is 9.38 Å². The summed E-state index contributed by atoms with van der Waals surface area (Å²) in [6, 6.07) is 13.9. The molecule has 1 amide bonds. The van der Waals surface area contributed by atoms with Crippen molar-refractivity contribution in [2.75, 3.05) is 0 Å². The normalized spacial score (nSPS) is 17.6. The number of nitrogens with one attached hydrogen (secondary N) is 1. The molecule has 0 aliphatic carbocycles. The number of fused-ring (bicyclic) bond motifs is 1. The zero-order valence-corrected chi connectivity index (χ0v) is 14.2. The van der Waals surface area contributed by atoms with Gasteiger partial charge in [-0.1, -0.05) is 18.2 Å². The van der Waals surface area contributed by atoms with Crippen molar-refractivity contribution in [3.63, 3.8) is 0 Å². The van der Waals surface area contributed by atoms with Crippen molar-refractivity contribution in [2.45, 2.75) is 0 Å². The molecule has 3 aromatic rings. The molecule has 4 rings (SSSR count). The van der Waals surface area contributed by atoms with Gasteiger partial charge >= 0.3 is 0 Å². The van der Waals surface area contributed by atoms with E-state index in [1.54, 1.807) is 12.1 Å². The second kappa shape index (κ2) is 6.22. The van der Waals surface area contributed by atoms with Gasteiger partial charge in [-0.15, -0.1) is 0 Å². The van der Waals surface area contributed by atoms with Crippen LogP contribution in [0, 0.1) is 5.82 Å². The Morgan fingerprint density at radius 2 is 1.92 bits per heavy atom. The molecule has 6 heteroatoms. The lowest BCUT2D eigenvalue weighted by molar-refractivity contribution is -0.115. The molecular weight excluding hydrogens is 337 g/mol. The van der Waals surface area contributed by atoms with Crippen molar-refractivity contribution in [1.29, 1.82) is 0 Å². The van der Waals surface area contributed by atoms with Gasteiger partial charge in [0.2, 0.25) is 0 Å². The van der Waals surface area contributed by atoms with Crippen LogP contribution in [-0.2, 0) is 11.8 Å². The number of amides is 1. The third-order valence-electron chi connectivity index (χ3n) is 3.92. The number of aliphatic imine (C=N–C) groups is 1. The molecule has 0 atom stereocenters. The van der Waals surface area contributed by atoms with Crippen molar-refractivity contribution in [3.05, 3.63) is 71.0 Å². The highest BCUT2D eigenvalue weighted by atomic mass is 32.2. The lowest BCUT2D eigenvalue weighted by atomic mass is 10.1. The van der Waals surface area contributed by atoms with Crippen LogP contribution in [0.2, 0.25) is 0 Å². The minimum absolute atomic E-state index is 0.182. The Labute approximate surface area is 148 Å². The van der Waals surface area contributed by atoms with E-state index >= 15 is 0 Å². The van der Waals surface area contributed by atoms with E-state index in [1.165, 1.54) is 23.9 Å². The summed E-state index contributed by atoms with van der Waals surface area (Å²) in [7, 11) is 1.98. The summed E-state index contributed by atoms with van der Waals surface area (Å²) < 4.78 is 15.0. The molecule has 0 radical (unpaired) electrons. The van der Waals surface area contributed by atoms with E-state index in [0.29, 0.717) is 15.8 Å². The van der Waals surface area contributed by atoms with Crippen LogP contribution in [0.5, 0.6) is 0 Å². The van der Waals surface area contributed by atoms with Gasteiger partial charge in [0.15, 0.2) is 5.17 Å². The number of halogens is 1. The van der Waals surface area contributed by atoms with E-state index in [1.807, 2.05) is 48.2 Å². The van der Waals surface area contributed by atoms with Gasteiger partial charge in [-0.3, -0.25) is 4.79 Å². The second-order valence-electron chi connectivity index (χ2n) is 5.67. The van der Waals surface area contributed by atoms with Crippen molar-refractivity contribution in [2.24, 2.45) is 12.0 Å².